The van der Waals surface area contributed by atoms with Crippen molar-refractivity contribution in [3.63, 3.8) is 0 Å². The first-order chi connectivity index (χ1) is 2.77. The molecule has 0 aromatic rings. The maximum atomic E-state index is 9.53. The summed E-state index contributed by atoms with van der Waals surface area (Å²) in [7, 11) is 0. The monoisotopic (exact) mass is 192 g/mol. The molecule has 0 saturated heterocycles. The molecule has 6 heavy (non-hydrogen) atoms. The second-order valence-corrected chi connectivity index (χ2v) is 1.80. The third kappa shape index (κ3) is 4.01. The number of hydrogen-bond donors (Lipinski definition) is 1. The van der Waals surface area contributed by atoms with Crippen LogP contribution < -0.4 is 0 Å². The molecule has 0 aromatic heterocycles. The van der Waals surface area contributed by atoms with Gasteiger partial charge < -0.3 is 0 Å². The molecule has 0 heterocycles. The quantitative estimate of drug-likeness (QED) is 0.447. The first kappa shape index (κ1) is 6.01. The molecule has 0 saturated carbocycles. The summed E-state index contributed by atoms with van der Waals surface area (Å²) in [6.07, 6.45) is 1.14. The first-order valence-electron chi connectivity index (χ1n) is 1.38. The Kier molecular flexibility index (Phi) is 3.21. The number of carbonyl (C=O) groups is 1. The molecule has 0 aromatic carbocycles. The maximum absolute atomic E-state index is 9.53. The fourth-order valence-corrected chi connectivity index (χ4v) is 0.552. The number of aliphatic carboxylic acids is 1. The summed E-state index contributed by atoms with van der Waals surface area (Å²) in [5.41, 5.74) is 0. The van der Waals surface area contributed by atoms with Crippen molar-refractivity contribution in [3.05, 3.63) is 10.2 Å². The zero-order chi connectivity index (χ0) is 4.99. The van der Waals surface area contributed by atoms with Gasteiger partial charge in [0, 0.05) is 0 Å². The molecule has 0 spiro atoms. The number of rotatable bonds is 1. The van der Waals surface area contributed by atoms with Crippen molar-refractivity contribution >= 4 is 28.5 Å². The van der Waals surface area contributed by atoms with Gasteiger partial charge in [0.25, 0.3) is 0 Å². The Balaban J connectivity index is 3.30. The van der Waals surface area contributed by atoms with Crippen molar-refractivity contribution in [2.24, 2.45) is 0 Å². The Morgan fingerprint density at radius 2 is 2.33 bits per heavy atom. The van der Waals surface area contributed by atoms with E-state index < -0.39 is 5.97 Å². The molecule has 32 valence electrons. The van der Waals surface area contributed by atoms with Crippen LogP contribution in [0.4, 0.5) is 0 Å². The first-order valence-corrected chi connectivity index (χ1v) is 3.29. The van der Waals surface area contributed by atoms with Crippen molar-refractivity contribution in [3.8, 4) is 0 Å². The third-order valence-electron chi connectivity index (χ3n) is 0.239. The van der Waals surface area contributed by atoms with Crippen molar-refractivity contribution in [2.45, 2.75) is 0 Å². The fourth-order valence-electron chi connectivity index (χ4n) is 0.0823. The summed E-state index contributed by atoms with van der Waals surface area (Å²) < 4.78 is 1.60. The van der Waals surface area contributed by atoms with E-state index in [-0.39, 0.29) is 0 Å². The summed E-state index contributed by atoms with van der Waals surface area (Å²) in [5, 5.41) is 7.85. The van der Waals surface area contributed by atoms with E-state index in [2.05, 4.69) is 0 Å². The standard InChI is InChI=1S/C3H3O2.Sn.H/c1-2-3(4)5;;/h1-2H,(H,4,5);;. The Labute approximate surface area is 48.9 Å². The normalized spacial score (nSPS) is 9.50. The summed E-state index contributed by atoms with van der Waals surface area (Å²) in [6, 6.07) is 0. The molecule has 0 fully saturated rings. The fraction of sp³-hybridized carbons (Fsp3) is 0. The summed E-state index contributed by atoms with van der Waals surface area (Å²) in [5.74, 6) is -0.859. The summed E-state index contributed by atoms with van der Waals surface area (Å²) in [6.45, 7) is 0. The minimum absolute atomic E-state index is 0.859. The molecule has 0 rings (SSSR count). The van der Waals surface area contributed by atoms with Crippen molar-refractivity contribution in [1.82, 2.24) is 0 Å². The molecule has 0 unspecified atom stereocenters. The van der Waals surface area contributed by atoms with Gasteiger partial charge in [-0.15, -0.1) is 0 Å². The van der Waals surface area contributed by atoms with Gasteiger partial charge in [-0.1, -0.05) is 0 Å². The van der Waals surface area contributed by atoms with Crippen LogP contribution >= 0.6 is 0 Å². The molecular weight excluding hydrogens is 187 g/mol. The van der Waals surface area contributed by atoms with E-state index in [4.69, 9.17) is 5.11 Å². The van der Waals surface area contributed by atoms with Gasteiger partial charge in [0.15, 0.2) is 0 Å². The summed E-state index contributed by atoms with van der Waals surface area (Å²) in [4.78, 5) is 9.53. The number of carboxylic acid groups (broad SMARTS) is 1. The zero-order valence-corrected chi connectivity index (χ0v) is 6.38. The van der Waals surface area contributed by atoms with E-state index in [9.17, 15) is 4.79 Å². The van der Waals surface area contributed by atoms with Gasteiger partial charge in [-0.3, -0.25) is 0 Å². The van der Waals surface area contributed by atoms with E-state index in [1.165, 1.54) is 0 Å². The molecule has 0 aliphatic carbocycles. The molecule has 2 nitrogen and oxygen atoms in total. The van der Waals surface area contributed by atoms with E-state index in [0.717, 1.165) is 28.6 Å². The van der Waals surface area contributed by atoms with Gasteiger partial charge in [0.1, 0.15) is 0 Å². The van der Waals surface area contributed by atoms with Gasteiger partial charge in [-0.05, 0) is 0 Å². The Morgan fingerprint density at radius 3 is 2.33 bits per heavy atom. The van der Waals surface area contributed by atoms with Crippen LogP contribution in [0.25, 0.3) is 0 Å². The molecule has 0 aliphatic heterocycles. The van der Waals surface area contributed by atoms with E-state index >= 15 is 0 Å². The molecule has 1 N–H and O–H groups in total. The Bertz CT molecular complexity index is 76.9. The predicted octanol–water partition coefficient (Wildman–Crippen LogP) is -0.514. The SMILES string of the molecule is O=C(O)C=[CH][SnH]. The van der Waals surface area contributed by atoms with Crippen LogP contribution in [0.15, 0.2) is 10.2 Å². The van der Waals surface area contributed by atoms with Crippen LogP contribution in [0.2, 0.25) is 0 Å². The van der Waals surface area contributed by atoms with Gasteiger partial charge in [0.2, 0.25) is 0 Å². The average Bonchev–Trinajstić information content (AvgIpc) is 1.35. The second-order valence-electron chi connectivity index (χ2n) is 0.697. The molecule has 0 bridgehead atoms. The Hall–Kier alpha value is 0.00870. The zero-order valence-electron chi connectivity index (χ0n) is 3.09. The topological polar surface area (TPSA) is 37.3 Å². The van der Waals surface area contributed by atoms with Crippen molar-refractivity contribution in [2.75, 3.05) is 0 Å². The molecule has 0 amide bonds. The molecule has 2 radical (unpaired) electrons. The molecule has 0 atom stereocenters. The third-order valence-corrected chi connectivity index (χ3v) is 0.788. The van der Waals surface area contributed by atoms with Crippen molar-refractivity contribution < 1.29 is 9.90 Å². The van der Waals surface area contributed by atoms with Crippen LogP contribution in [0, 0.1) is 0 Å². The average molecular weight is 191 g/mol. The van der Waals surface area contributed by atoms with Crippen molar-refractivity contribution in [1.29, 1.82) is 0 Å². The Morgan fingerprint density at radius 1 is 1.83 bits per heavy atom. The molecule has 0 aliphatic rings. The van der Waals surface area contributed by atoms with Gasteiger partial charge in [-0.2, -0.15) is 0 Å². The molecular formula is C3H4O2Sn. The van der Waals surface area contributed by atoms with Crippen LogP contribution in [0.1, 0.15) is 0 Å². The second kappa shape index (κ2) is 3.21. The van der Waals surface area contributed by atoms with E-state index in [0.29, 0.717) is 0 Å². The van der Waals surface area contributed by atoms with Crippen LogP contribution in [0.5, 0.6) is 0 Å². The predicted molar refractivity (Wildman–Crippen MR) is 23.9 cm³/mol. The molecule has 3 heteroatoms. The van der Waals surface area contributed by atoms with E-state index in [1.807, 2.05) is 0 Å². The van der Waals surface area contributed by atoms with Gasteiger partial charge >= 0.3 is 48.6 Å². The van der Waals surface area contributed by atoms with Crippen LogP contribution in [0.3, 0.4) is 0 Å². The van der Waals surface area contributed by atoms with Gasteiger partial charge in [-0.25, -0.2) is 0 Å². The number of carboxylic acids is 1. The van der Waals surface area contributed by atoms with E-state index in [1.54, 1.807) is 4.09 Å². The van der Waals surface area contributed by atoms with Gasteiger partial charge in [0.05, 0.1) is 0 Å². The van der Waals surface area contributed by atoms with Crippen LogP contribution in [-0.2, 0) is 4.79 Å². The van der Waals surface area contributed by atoms with Crippen LogP contribution in [-0.4, -0.2) is 33.6 Å². The minimum atomic E-state index is -0.859. The number of hydrogen-bond acceptors (Lipinski definition) is 1. The summed E-state index contributed by atoms with van der Waals surface area (Å²) >= 11 is 0.879.